The van der Waals surface area contributed by atoms with Gasteiger partial charge >= 0.3 is 0 Å². The molecule has 1 fully saturated rings. The van der Waals surface area contributed by atoms with Crippen LogP contribution in [-0.2, 0) is 6.54 Å². The Morgan fingerprint density at radius 3 is 2.76 bits per heavy atom. The Balaban J connectivity index is 2.10. The Hall–Kier alpha value is -0.920. The van der Waals surface area contributed by atoms with Crippen LogP contribution in [0.5, 0.6) is 0 Å². The van der Waals surface area contributed by atoms with Crippen molar-refractivity contribution in [1.82, 2.24) is 15.1 Å². The van der Waals surface area contributed by atoms with Gasteiger partial charge in [0.1, 0.15) is 4.47 Å². The summed E-state index contributed by atoms with van der Waals surface area (Å²) in [5, 5.41) is 16.4. The van der Waals surface area contributed by atoms with Gasteiger partial charge in [0, 0.05) is 19.1 Å². The number of hydrogen-bond acceptors (Lipinski definition) is 5. The smallest absolute Gasteiger partial charge is 0.283 e. The van der Waals surface area contributed by atoms with Crippen molar-refractivity contribution in [3.8, 4) is 0 Å². The van der Waals surface area contributed by atoms with E-state index in [4.69, 9.17) is 5.11 Å². The average Bonchev–Trinajstić information content (AvgIpc) is 2.52. The summed E-state index contributed by atoms with van der Waals surface area (Å²) in [6, 6.07) is 0.520. The van der Waals surface area contributed by atoms with Gasteiger partial charge in [-0.15, -0.1) is 0 Å². The molecule has 2 rings (SSSR count). The number of rotatable bonds is 5. The van der Waals surface area contributed by atoms with Gasteiger partial charge < -0.3 is 15.3 Å². The molecule has 0 radical (unpaired) electrons. The van der Waals surface area contributed by atoms with Crippen LogP contribution in [0.1, 0.15) is 19.8 Å². The summed E-state index contributed by atoms with van der Waals surface area (Å²) in [4.78, 5) is 14.4. The van der Waals surface area contributed by atoms with Crippen LogP contribution in [0.4, 0.5) is 5.69 Å². The highest BCUT2D eigenvalue weighted by atomic mass is 79.9. The molecule has 0 aliphatic carbocycles. The second-order valence-corrected chi connectivity index (χ2v) is 6.29. The summed E-state index contributed by atoms with van der Waals surface area (Å²) in [7, 11) is 2.00. The Kier molecular flexibility index (Phi) is 5.78. The molecule has 118 valence electrons. The molecule has 0 bridgehead atoms. The topological polar surface area (TPSA) is 70.4 Å². The first-order valence-electron chi connectivity index (χ1n) is 7.37. The SMILES string of the molecule is CNC(C)C1CCN(c2cnn(CCO)c(=O)c2Br)CC1. The van der Waals surface area contributed by atoms with Crippen molar-refractivity contribution < 1.29 is 5.11 Å². The van der Waals surface area contributed by atoms with Crippen LogP contribution in [0.2, 0.25) is 0 Å². The number of hydrogen-bond donors (Lipinski definition) is 2. The maximum Gasteiger partial charge on any atom is 0.283 e. The third-order valence-electron chi connectivity index (χ3n) is 4.32. The lowest BCUT2D eigenvalue weighted by molar-refractivity contribution is 0.266. The fourth-order valence-electron chi connectivity index (χ4n) is 2.81. The number of nitrogens with one attached hydrogen (secondary N) is 1. The first-order valence-corrected chi connectivity index (χ1v) is 8.16. The van der Waals surface area contributed by atoms with Crippen molar-refractivity contribution in [2.45, 2.75) is 32.4 Å². The van der Waals surface area contributed by atoms with Gasteiger partial charge in [-0.2, -0.15) is 5.10 Å². The molecule has 1 aromatic heterocycles. The summed E-state index contributed by atoms with van der Waals surface area (Å²) >= 11 is 3.39. The van der Waals surface area contributed by atoms with E-state index in [-0.39, 0.29) is 18.7 Å². The van der Waals surface area contributed by atoms with Gasteiger partial charge in [-0.1, -0.05) is 0 Å². The van der Waals surface area contributed by atoms with Crippen molar-refractivity contribution in [3.05, 3.63) is 21.0 Å². The second-order valence-electron chi connectivity index (χ2n) is 5.50. The van der Waals surface area contributed by atoms with Crippen LogP contribution < -0.4 is 15.8 Å². The summed E-state index contributed by atoms with van der Waals surface area (Å²) in [5.41, 5.74) is 0.664. The van der Waals surface area contributed by atoms with E-state index in [0.717, 1.165) is 31.6 Å². The molecule has 1 aliphatic heterocycles. The van der Waals surface area contributed by atoms with Gasteiger partial charge in [-0.05, 0) is 48.7 Å². The minimum atomic E-state index is -0.188. The first-order chi connectivity index (χ1) is 10.1. The van der Waals surface area contributed by atoms with Crippen LogP contribution in [0, 0.1) is 5.92 Å². The zero-order valence-corrected chi connectivity index (χ0v) is 14.1. The minimum Gasteiger partial charge on any atom is -0.394 e. The molecule has 7 heteroatoms. The number of piperidine rings is 1. The van der Waals surface area contributed by atoms with Crippen molar-refractivity contribution in [2.75, 3.05) is 31.6 Å². The molecular weight excluding hydrogens is 336 g/mol. The molecule has 1 unspecified atom stereocenters. The van der Waals surface area contributed by atoms with Gasteiger partial charge in [0.15, 0.2) is 0 Å². The molecule has 21 heavy (non-hydrogen) atoms. The van der Waals surface area contributed by atoms with Crippen molar-refractivity contribution >= 4 is 21.6 Å². The number of aromatic nitrogens is 2. The number of aliphatic hydroxyl groups excluding tert-OH is 1. The van der Waals surface area contributed by atoms with Gasteiger partial charge in [-0.3, -0.25) is 4.79 Å². The van der Waals surface area contributed by atoms with Gasteiger partial charge in [-0.25, -0.2) is 4.68 Å². The standard InChI is InChI=1S/C14H23BrN4O2/c1-10(16-2)11-3-5-18(6-4-11)12-9-17-19(7-8-20)14(21)13(12)15/h9-11,16,20H,3-8H2,1-2H3. The molecule has 2 N–H and O–H groups in total. The van der Waals surface area contributed by atoms with Crippen LogP contribution in [0.3, 0.4) is 0 Å². The number of aliphatic hydroxyl groups is 1. The van der Waals surface area contributed by atoms with Crippen LogP contribution in [-0.4, -0.2) is 47.7 Å². The maximum atomic E-state index is 12.1. The van der Waals surface area contributed by atoms with E-state index >= 15 is 0 Å². The zero-order chi connectivity index (χ0) is 15.4. The molecule has 1 aliphatic rings. The van der Waals surface area contributed by atoms with Gasteiger partial charge in [0.2, 0.25) is 0 Å². The fourth-order valence-corrected chi connectivity index (χ4v) is 3.36. The average molecular weight is 359 g/mol. The van der Waals surface area contributed by atoms with Crippen molar-refractivity contribution in [2.24, 2.45) is 5.92 Å². The zero-order valence-electron chi connectivity index (χ0n) is 12.5. The van der Waals surface area contributed by atoms with Crippen LogP contribution >= 0.6 is 15.9 Å². The fraction of sp³-hybridized carbons (Fsp3) is 0.714. The molecule has 0 spiro atoms. The largest absolute Gasteiger partial charge is 0.394 e. The molecule has 1 saturated heterocycles. The molecule has 1 aromatic rings. The predicted molar refractivity (Wildman–Crippen MR) is 86.7 cm³/mol. The lowest BCUT2D eigenvalue weighted by Gasteiger charge is -2.36. The first kappa shape index (κ1) is 16.5. The monoisotopic (exact) mass is 358 g/mol. The maximum absolute atomic E-state index is 12.1. The molecule has 1 atom stereocenters. The molecule has 0 aromatic carbocycles. The summed E-state index contributed by atoms with van der Waals surface area (Å²) < 4.78 is 1.81. The van der Waals surface area contributed by atoms with Gasteiger partial charge in [0.05, 0.1) is 25.0 Å². The second kappa shape index (κ2) is 7.38. The summed E-state index contributed by atoms with van der Waals surface area (Å²) in [6.07, 6.45) is 3.92. The highest BCUT2D eigenvalue weighted by molar-refractivity contribution is 9.10. The molecule has 6 nitrogen and oxygen atoms in total. The lowest BCUT2D eigenvalue weighted by atomic mass is 9.90. The quantitative estimate of drug-likeness (QED) is 0.815. The summed E-state index contributed by atoms with van der Waals surface area (Å²) in [6.45, 7) is 4.21. The van der Waals surface area contributed by atoms with Crippen LogP contribution in [0.25, 0.3) is 0 Å². The Morgan fingerprint density at radius 2 is 2.19 bits per heavy atom. The summed E-state index contributed by atoms with van der Waals surface area (Å²) in [5.74, 6) is 0.674. The molecular formula is C14H23BrN4O2. The highest BCUT2D eigenvalue weighted by Crippen LogP contribution is 2.28. The molecule has 0 saturated carbocycles. The Labute approximate surface area is 133 Å². The van der Waals surface area contributed by atoms with Crippen molar-refractivity contribution in [3.63, 3.8) is 0 Å². The van der Waals surface area contributed by atoms with Gasteiger partial charge in [0.25, 0.3) is 5.56 Å². The van der Waals surface area contributed by atoms with E-state index in [1.165, 1.54) is 4.68 Å². The van der Waals surface area contributed by atoms with E-state index in [2.05, 4.69) is 38.2 Å². The van der Waals surface area contributed by atoms with Crippen LogP contribution in [0.15, 0.2) is 15.5 Å². The highest BCUT2D eigenvalue weighted by Gasteiger charge is 2.25. The van der Waals surface area contributed by atoms with Crippen molar-refractivity contribution in [1.29, 1.82) is 0 Å². The van der Waals surface area contributed by atoms with E-state index < -0.39 is 0 Å². The van der Waals surface area contributed by atoms with E-state index in [9.17, 15) is 4.79 Å². The molecule has 2 heterocycles. The minimum absolute atomic E-state index is 0.0913. The lowest BCUT2D eigenvalue weighted by Crippen LogP contribution is -2.41. The normalized spacial score (nSPS) is 18.0. The number of nitrogens with zero attached hydrogens (tertiary/aromatic N) is 3. The van der Waals surface area contributed by atoms with E-state index in [1.54, 1.807) is 6.20 Å². The van der Waals surface area contributed by atoms with E-state index in [1.807, 2.05) is 7.05 Å². The third-order valence-corrected chi connectivity index (χ3v) is 5.07. The Morgan fingerprint density at radius 1 is 1.52 bits per heavy atom. The third kappa shape index (κ3) is 3.64. The Bertz CT molecular complexity index is 526. The van der Waals surface area contributed by atoms with E-state index in [0.29, 0.717) is 16.4 Å². The number of anilines is 1. The number of halogens is 1. The predicted octanol–water partition coefficient (Wildman–Crippen LogP) is 0.822. The molecule has 0 amide bonds.